The molecule has 0 aliphatic rings. The normalized spacial score (nSPS) is 12.4. The van der Waals surface area contributed by atoms with Gasteiger partial charge in [-0.1, -0.05) is 41.5 Å². The first-order valence-electron chi connectivity index (χ1n) is 8.32. The van der Waals surface area contributed by atoms with Gasteiger partial charge in [0.1, 0.15) is 0 Å². The predicted octanol–water partition coefficient (Wildman–Crippen LogP) is 2.02. The lowest BCUT2D eigenvalue weighted by Gasteiger charge is -2.24. The summed E-state index contributed by atoms with van der Waals surface area (Å²) in [6, 6.07) is 0. The van der Waals surface area contributed by atoms with Crippen LogP contribution in [-0.2, 0) is 9.59 Å². The van der Waals surface area contributed by atoms with Crippen LogP contribution in [0.2, 0.25) is 0 Å². The predicted molar refractivity (Wildman–Crippen MR) is 91.7 cm³/mol. The summed E-state index contributed by atoms with van der Waals surface area (Å²) in [6.45, 7) is 14.7. The van der Waals surface area contributed by atoms with Crippen LogP contribution in [0.1, 0.15) is 54.4 Å². The van der Waals surface area contributed by atoms with Crippen molar-refractivity contribution in [3.05, 3.63) is 0 Å². The van der Waals surface area contributed by atoms with Gasteiger partial charge in [0.15, 0.2) is 0 Å². The number of rotatable bonds is 10. The van der Waals surface area contributed by atoms with Crippen molar-refractivity contribution in [2.24, 2.45) is 10.8 Å². The van der Waals surface area contributed by atoms with Gasteiger partial charge in [0.05, 0.1) is 0 Å². The molecule has 0 fully saturated rings. The van der Waals surface area contributed by atoms with E-state index < -0.39 is 0 Å². The summed E-state index contributed by atoms with van der Waals surface area (Å²) in [5.41, 5.74) is -0.615. The lowest BCUT2D eigenvalue weighted by atomic mass is 9.89. The molecule has 5 heteroatoms. The van der Waals surface area contributed by atoms with Crippen LogP contribution >= 0.6 is 0 Å². The van der Waals surface area contributed by atoms with Gasteiger partial charge < -0.3 is 15.5 Å². The zero-order chi connectivity index (χ0) is 17.4. The Hall–Kier alpha value is -1.10. The zero-order valence-electron chi connectivity index (χ0n) is 15.5. The topological polar surface area (TPSA) is 61.4 Å². The lowest BCUT2D eigenvalue weighted by Crippen LogP contribution is -2.43. The van der Waals surface area contributed by atoms with Crippen LogP contribution in [0.15, 0.2) is 0 Å². The minimum absolute atomic E-state index is 0.0985. The molecule has 0 aromatic heterocycles. The maximum atomic E-state index is 11.9. The fourth-order valence-corrected chi connectivity index (χ4v) is 1.63. The molecule has 0 unspecified atom stereocenters. The molecule has 2 N–H and O–H groups in total. The molecular weight excluding hydrogens is 278 g/mol. The maximum absolute atomic E-state index is 11.9. The van der Waals surface area contributed by atoms with Crippen molar-refractivity contribution in [3.63, 3.8) is 0 Å². The van der Waals surface area contributed by atoms with Crippen LogP contribution in [0.25, 0.3) is 0 Å². The fraction of sp³-hybridized carbons (Fsp3) is 0.882. The molecular formula is C17H35N3O2. The number of likely N-dealkylation sites (N-methyl/N-ethyl adjacent to an activating group) is 1. The first-order valence-corrected chi connectivity index (χ1v) is 8.32. The van der Waals surface area contributed by atoms with E-state index in [0.29, 0.717) is 13.1 Å². The first-order chi connectivity index (χ1) is 10.1. The average molecular weight is 313 g/mol. The highest BCUT2D eigenvalue weighted by Gasteiger charge is 2.25. The molecule has 130 valence electrons. The Morgan fingerprint density at radius 1 is 0.818 bits per heavy atom. The van der Waals surface area contributed by atoms with Gasteiger partial charge in [0, 0.05) is 37.0 Å². The van der Waals surface area contributed by atoms with E-state index in [1.807, 2.05) is 48.6 Å². The molecule has 2 amide bonds. The molecule has 0 spiro atoms. The third-order valence-electron chi connectivity index (χ3n) is 4.56. The lowest BCUT2D eigenvalue weighted by molar-refractivity contribution is -0.130. The summed E-state index contributed by atoms with van der Waals surface area (Å²) in [5, 5.41) is 5.94. The van der Waals surface area contributed by atoms with Crippen molar-refractivity contribution in [2.45, 2.75) is 54.4 Å². The van der Waals surface area contributed by atoms with Gasteiger partial charge in [-0.25, -0.2) is 0 Å². The summed E-state index contributed by atoms with van der Waals surface area (Å²) < 4.78 is 0. The maximum Gasteiger partial charge on any atom is 0.225 e. The molecule has 0 atom stereocenters. The van der Waals surface area contributed by atoms with Gasteiger partial charge in [-0.2, -0.15) is 0 Å². The fourth-order valence-electron chi connectivity index (χ4n) is 1.63. The highest BCUT2D eigenvalue weighted by atomic mass is 16.2. The van der Waals surface area contributed by atoms with Crippen LogP contribution in [0.4, 0.5) is 0 Å². The molecule has 0 saturated heterocycles. The van der Waals surface area contributed by atoms with Crippen molar-refractivity contribution in [1.29, 1.82) is 0 Å². The van der Waals surface area contributed by atoms with Crippen molar-refractivity contribution in [2.75, 3.05) is 33.2 Å². The molecule has 5 nitrogen and oxygen atoms in total. The Labute approximate surface area is 136 Å². The third-order valence-corrected chi connectivity index (χ3v) is 4.56. The van der Waals surface area contributed by atoms with Gasteiger partial charge >= 0.3 is 0 Å². The van der Waals surface area contributed by atoms with E-state index in [-0.39, 0.29) is 22.6 Å². The summed E-state index contributed by atoms with van der Waals surface area (Å²) in [4.78, 5) is 26.0. The van der Waals surface area contributed by atoms with E-state index in [9.17, 15) is 9.59 Å². The van der Waals surface area contributed by atoms with Gasteiger partial charge in [-0.3, -0.25) is 9.59 Å². The molecule has 0 aliphatic carbocycles. The minimum Gasteiger partial charge on any atom is -0.354 e. The molecule has 0 saturated carbocycles. The highest BCUT2D eigenvalue weighted by Crippen LogP contribution is 2.19. The Morgan fingerprint density at radius 2 is 1.14 bits per heavy atom. The highest BCUT2D eigenvalue weighted by molar-refractivity contribution is 5.82. The third kappa shape index (κ3) is 7.25. The van der Waals surface area contributed by atoms with Crippen molar-refractivity contribution < 1.29 is 9.59 Å². The van der Waals surface area contributed by atoms with Crippen molar-refractivity contribution in [1.82, 2.24) is 15.5 Å². The molecule has 0 aromatic rings. The SMILES string of the molecule is CCC(C)(C)C(=O)NCCN(C)CCNC(=O)C(C)(C)CC. The molecule has 0 aromatic carbocycles. The Balaban J connectivity index is 3.91. The van der Waals surface area contributed by atoms with Gasteiger partial charge in [0.2, 0.25) is 11.8 Å². The summed E-state index contributed by atoms with van der Waals surface area (Å²) in [5.74, 6) is 0.197. The van der Waals surface area contributed by atoms with E-state index in [2.05, 4.69) is 15.5 Å². The van der Waals surface area contributed by atoms with Crippen molar-refractivity contribution in [3.8, 4) is 0 Å². The molecule has 0 aliphatic heterocycles. The second-order valence-electron chi connectivity index (χ2n) is 7.29. The van der Waals surface area contributed by atoms with Gasteiger partial charge in [-0.05, 0) is 19.9 Å². The number of nitrogens with zero attached hydrogens (tertiary/aromatic N) is 1. The van der Waals surface area contributed by atoms with Crippen LogP contribution < -0.4 is 10.6 Å². The molecule has 0 rings (SSSR count). The van der Waals surface area contributed by atoms with Crippen LogP contribution in [0.3, 0.4) is 0 Å². The summed E-state index contributed by atoms with van der Waals surface area (Å²) in [6.07, 6.45) is 1.65. The monoisotopic (exact) mass is 313 g/mol. The largest absolute Gasteiger partial charge is 0.354 e. The zero-order valence-corrected chi connectivity index (χ0v) is 15.5. The average Bonchev–Trinajstić information content (AvgIpc) is 2.46. The second-order valence-corrected chi connectivity index (χ2v) is 7.29. The second kappa shape index (κ2) is 9.13. The van der Waals surface area contributed by atoms with Crippen LogP contribution in [0.5, 0.6) is 0 Å². The molecule has 0 bridgehead atoms. The molecule has 22 heavy (non-hydrogen) atoms. The number of hydrogen-bond donors (Lipinski definition) is 2. The summed E-state index contributed by atoms with van der Waals surface area (Å²) in [7, 11) is 1.99. The van der Waals surface area contributed by atoms with E-state index in [1.165, 1.54) is 0 Å². The number of nitrogens with one attached hydrogen (secondary N) is 2. The number of hydrogen-bond acceptors (Lipinski definition) is 3. The van der Waals surface area contributed by atoms with E-state index in [4.69, 9.17) is 0 Å². The number of carbonyl (C=O) groups excluding carboxylic acids is 2. The molecule has 0 radical (unpaired) electrons. The number of amides is 2. The quantitative estimate of drug-likeness (QED) is 0.649. The smallest absolute Gasteiger partial charge is 0.225 e. The van der Waals surface area contributed by atoms with Gasteiger partial charge in [0.25, 0.3) is 0 Å². The van der Waals surface area contributed by atoms with Crippen molar-refractivity contribution >= 4 is 11.8 Å². The van der Waals surface area contributed by atoms with E-state index in [0.717, 1.165) is 25.9 Å². The summed E-state index contributed by atoms with van der Waals surface area (Å²) >= 11 is 0. The standard InChI is InChI=1S/C17H35N3O2/c1-8-16(3,4)14(21)18-10-12-20(7)13-11-19-15(22)17(5,6)9-2/h8-13H2,1-7H3,(H,18,21)(H,19,22). The molecule has 0 heterocycles. The van der Waals surface area contributed by atoms with E-state index >= 15 is 0 Å². The Kier molecular flexibility index (Phi) is 8.68. The number of carbonyl (C=O) groups is 2. The van der Waals surface area contributed by atoms with Crippen LogP contribution in [0, 0.1) is 10.8 Å². The van der Waals surface area contributed by atoms with E-state index in [1.54, 1.807) is 0 Å². The Morgan fingerprint density at radius 3 is 1.41 bits per heavy atom. The van der Waals surface area contributed by atoms with Crippen LogP contribution in [-0.4, -0.2) is 49.9 Å². The Bertz CT molecular complexity index is 331. The van der Waals surface area contributed by atoms with Gasteiger partial charge in [-0.15, -0.1) is 0 Å². The minimum atomic E-state index is -0.307. The first kappa shape index (κ1) is 20.9.